The average molecular weight is 377 g/mol. The second kappa shape index (κ2) is 7.35. The van der Waals surface area contributed by atoms with Crippen molar-refractivity contribution < 1.29 is 9.18 Å². The highest BCUT2D eigenvalue weighted by Crippen LogP contribution is 2.23. The molecule has 1 aromatic carbocycles. The number of nitrogens with zero attached hydrogens (tertiary/aromatic N) is 4. The molecule has 0 aliphatic heterocycles. The fourth-order valence-electron chi connectivity index (χ4n) is 2.74. The Hall–Kier alpha value is -2.58. The first-order chi connectivity index (χ1) is 12.4. The van der Waals surface area contributed by atoms with E-state index >= 15 is 0 Å². The van der Waals surface area contributed by atoms with Gasteiger partial charge in [-0.05, 0) is 44.0 Å². The van der Waals surface area contributed by atoms with Crippen LogP contribution in [0.25, 0.3) is 5.78 Å². The van der Waals surface area contributed by atoms with Gasteiger partial charge in [0.2, 0.25) is 5.91 Å². The molecule has 3 N–H and O–H groups in total. The van der Waals surface area contributed by atoms with Gasteiger partial charge in [-0.3, -0.25) is 4.79 Å². The van der Waals surface area contributed by atoms with E-state index in [1.807, 2.05) is 13.8 Å². The van der Waals surface area contributed by atoms with E-state index in [2.05, 4.69) is 20.4 Å². The first-order valence-corrected chi connectivity index (χ1v) is 8.43. The summed E-state index contributed by atoms with van der Waals surface area (Å²) in [5.41, 5.74) is 8.54. The third kappa shape index (κ3) is 3.66. The minimum Gasteiger partial charge on any atom is -0.325 e. The number of rotatable bonds is 5. The number of aromatic nitrogens is 4. The van der Waals surface area contributed by atoms with Crippen LogP contribution in [-0.2, 0) is 17.8 Å². The van der Waals surface area contributed by atoms with Crippen molar-refractivity contribution in [2.75, 3.05) is 5.32 Å². The van der Waals surface area contributed by atoms with Gasteiger partial charge >= 0.3 is 0 Å². The summed E-state index contributed by atoms with van der Waals surface area (Å²) in [4.78, 5) is 20.9. The first kappa shape index (κ1) is 18.2. The summed E-state index contributed by atoms with van der Waals surface area (Å²) in [6.07, 6.45) is 0.698. The van der Waals surface area contributed by atoms with Crippen LogP contribution in [-0.4, -0.2) is 25.5 Å². The number of amides is 1. The molecule has 26 heavy (non-hydrogen) atoms. The fraction of sp³-hybridized carbons (Fsp3) is 0.294. The predicted octanol–water partition coefficient (Wildman–Crippen LogP) is 2.56. The second-order valence-electron chi connectivity index (χ2n) is 5.88. The Morgan fingerprint density at radius 1 is 1.35 bits per heavy atom. The number of carbonyl (C=O) groups excluding carboxylic acids is 1. The number of fused-ring (bicyclic) bond motifs is 1. The van der Waals surface area contributed by atoms with Gasteiger partial charge in [-0.25, -0.2) is 13.9 Å². The summed E-state index contributed by atoms with van der Waals surface area (Å²) >= 11 is 5.93. The van der Waals surface area contributed by atoms with Crippen LogP contribution in [0.2, 0.25) is 5.02 Å². The number of carbonyl (C=O) groups is 1. The summed E-state index contributed by atoms with van der Waals surface area (Å²) in [5.74, 6) is 0.328. The largest absolute Gasteiger partial charge is 0.325 e. The molecule has 0 unspecified atom stereocenters. The van der Waals surface area contributed by atoms with Crippen LogP contribution in [0, 0.1) is 19.7 Å². The molecule has 0 bridgehead atoms. The van der Waals surface area contributed by atoms with Crippen LogP contribution in [0.5, 0.6) is 0 Å². The molecular formula is C17H18ClFN6O. The maximum Gasteiger partial charge on any atom is 0.252 e. The normalized spacial score (nSPS) is 11.1. The molecule has 0 fully saturated rings. The molecule has 0 atom stereocenters. The van der Waals surface area contributed by atoms with E-state index in [9.17, 15) is 9.18 Å². The van der Waals surface area contributed by atoms with Crippen LogP contribution >= 0.6 is 11.6 Å². The molecule has 9 heteroatoms. The first-order valence-electron chi connectivity index (χ1n) is 8.05. The van der Waals surface area contributed by atoms with Gasteiger partial charge in [-0.15, -0.1) is 5.10 Å². The SMILES string of the molecule is Cc1nc2nc(CN)nn2c(C)c1CCC(=O)Nc1ccc(F)cc1Cl. The molecule has 0 saturated heterocycles. The van der Waals surface area contributed by atoms with Crippen molar-refractivity contribution in [2.45, 2.75) is 33.2 Å². The van der Waals surface area contributed by atoms with E-state index in [0.29, 0.717) is 23.7 Å². The van der Waals surface area contributed by atoms with Crippen molar-refractivity contribution in [1.82, 2.24) is 19.6 Å². The second-order valence-corrected chi connectivity index (χ2v) is 6.28. The number of nitrogens with two attached hydrogens (primary N) is 1. The molecule has 3 rings (SSSR count). The standard InChI is InChI=1S/C17H18ClFN6O/c1-9-12(10(2)25-17(21-9)23-15(8-20)24-25)4-6-16(26)22-14-5-3-11(19)7-13(14)18/h3,5,7H,4,6,8,20H2,1-2H3,(H,22,26). The van der Waals surface area contributed by atoms with Crippen molar-refractivity contribution in [1.29, 1.82) is 0 Å². The molecule has 2 aromatic heterocycles. The molecule has 0 radical (unpaired) electrons. The van der Waals surface area contributed by atoms with Crippen LogP contribution in [0.3, 0.4) is 0 Å². The van der Waals surface area contributed by atoms with Crippen LogP contribution in [0.15, 0.2) is 18.2 Å². The maximum atomic E-state index is 13.1. The number of halogens is 2. The summed E-state index contributed by atoms with van der Waals surface area (Å²) in [6, 6.07) is 3.83. The summed E-state index contributed by atoms with van der Waals surface area (Å²) in [7, 11) is 0. The minimum atomic E-state index is -0.455. The number of aryl methyl sites for hydroxylation is 2. The molecule has 0 saturated carbocycles. The maximum absolute atomic E-state index is 13.1. The lowest BCUT2D eigenvalue weighted by atomic mass is 10.1. The Morgan fingerprint density at radius 2 is 2.12 bits per heavy atom. The molecule has 0 spiro atoms. The zero-order valence-corrected chi connectivity index (χ0v) is 15.1. The molecule has 3 aromatic rings. The monoisotopic (exact) mass is 376 g/mol. The fourth-order valence-corrected chi connectivity index (χ4v) is 2.95. The topological polar surface area (TPSA) is 98.2 Å². The van der Waals surface area contributed by atoms with Gasteiger partial charge in [-0.1, -0.05) is 11.6 Å². The smallest absolute Gasteiger partial charge is 0.252 e. The van der Waals surface area contributed by atoms with Crippen molar-refractivity contribution in [2.24, 2.45) is 5.73 Å². The Kier molecular flexibility index (Phi) is 5.15. The van der Waals surface area contributed by atoms with Gasteiger partial charge in [0.1, 0.15) is 5.82 Å². The van der Waals surface area contributed by atoms with Gasteiger partial charge in [0.25, 0.3) is 5.78 Å². The molecule has 0 aliphatic carbocycles. The van der Waals surface area contributed by atoms with Crippen LogP contribution in [0.1, 0.15) is 29.2 Å². The van der Waals surface area contributed by atoms with E-state index in [-0.39, 0.29) is 23.9 Å². The van der Waals surface area contributed by atoms with Gasteiger partial charge in [0, 0.05) is 17.8 Å². The Balaban J connectivity index is 1.75. The number of nitrogens with one attached hydrogen (secondary N) is 1. The van der Waals surface area contributed by atoms with Crippen molar-refractivity contribution in [3.05, 3.63) is 51.8 Å². The van der Waals surface area contributed by atoms with E-state index in [1.54, 1.807) is 4.52 Å². The Morgan fingerprint density at radius 3 is 2.81 bits per heavy atom. The molecule has 136 valence electrons. The molecular weight excluding hydrogens is 359 g/mol. The Bertz CT molecular complexity index is 987. The summed E-state index contributed by atoms with van der Waals surface area (Å²) in [5, 5.41) is 7.16. The number of hydrogen-bond donors (Lipinski definition) is 2. The lowest BCUT2D eigenvalue weighted by Gasteiger charge is -2.11. The van der Waals surface area contributed by atoms with Crippen LogP contribution < -0.4 is 11.1 Å². The number of anilines is 1. The third-order valence-corrected chi connectivity index (χ3v) is 4.40. The van der Waals surface area contributed by atoms with Crippen molar-refractivity contribution in [3.8, 4) is 0 Å². The van der Waals surface area contributed by atoms with Crippen LogP contribution in [0.4, 0.5) is 10.1 Å². The van der Waals surface area contributed by atoms with Crippen molar-refractivity contribution >= 4 is 29.0 Å². The summed E-state index contributed by atoms with van der Waals surface area (Å²) in [6.45, 7) is 4.01. The van der Waals surface area contributed by atoms with Gasteiger partial charge < -0.3 is 11.1 Å². The average Bonchev–Trinajstić information content (AvgIpc) is 3.00. The molecule has 1 amide bonds. The third-order valence-electron chi connectivity index (χ3n) is 4.08. The zero-order chi connectivity index (χ0) is 18.8. The highest BCUT2D eigenvalue weighted by molar-refractivity contribution is 6.33. The molecule has 0 aliphatic rings. The number of hydrogen-bond acceptors (Lipinski definition) is 5. The Labute approximate surface area is 154 Å². The highest BCUT2D eigenvalue weighted by atomic mass is 35.5. The van der Waals surface area contributed by atoms with Gasteiger partial charge in [0.05, 0.1) is 17.3 Å². The van der Waals surface area contributed by atoms with E-state index in [0.717, 1.165) is 23.0 Å². The molecule has 2 heterocycles. The van der Waals surface area contributed by atoms with E-state index in [4.69, 9.17) is 17.3 Å². The van der Waals surface area contributed by atoms with Gasteiger partial charge in [0.15, 0.2) is 5.82 Å². The van der Waals surface area contributed by atoms with Crippen molar-refractivity contribution in [3.63, 3.8) is 0 Å². The summed E-state index contributed by atoms with van der Waals surface area (Å²) < 4.78 is 14.7. The zero-order valence-electron chi connectivity index (χ0n) is 14.4. The quantitative estimate of drug-likeness (QED) is 0.713. The number of benzene rings is 1. The molecule has 7 nitrogen and oxygen atoms in total. The highest BCUT2D eigenvalue weighted by Gasteiger charge is 2.15. The van der Waals surface area contributed by atoms with E-state index in [1.165, 1.54) is 12.1 Å². The lowest BCUT2D eigenvalue weighted by Crippen LogP contribution is -2.14. The minimum absolute atomic E-state index is 0.158. The van der Waals surface area contributed by atoms with E-state index < -0.39 is 5.82 Å². The lowest BCUT2D eigenvalue weighted by molar-refractivity contribution is -0.116. The predicted molar refractivity (Wildman–Crippen MR) is 96.5 cm³/mol. The van der Waals surface area contributed by atoms with Gasteiger partial charge in [-0.2, -0.15) is 4.98 Å².